The van der Waals surface area contributed by atoms with Gasteiger partial charge >= 0.3 is 0 Å². The van der Waals surface area contributed by atoms with E-state index in [0.29, 0.717) is 23.5 Å². The van der Waals surface area contributed by atoms with Gasteiger partial charge in [0.25, 0.3) is 0 Å². The van der Waals surface area contributed by atoms with Gasteiger partial charge in [0.2, 0.25) is 0 Å². The van der Waals surface area contributed by atoms with Crippen LogP contribution in [0.2, 0.25) is 0 Å². The topological polar surface area (TPSA) is 12.0 Å². The minimum Gasteiger partial charge on any atom is -0.313 e. The fourth-order valence-corrected chi connectivity index (χ4v) is 2.38. The van der Waals surface area contributed by atoms with Crippen molar-refractivity contribution in [2.24, 2.45) is 5.41 Å². The van der Waals surface area contributed by atoms with Crippen LogP contribution < -0.4 is 5.32 Å². The van der Waals surface area contributed by atoms with Crippen LogP contribution in [0, 0.1) is 17.0 Å². The van der Waals surface area contributed by atoms with Crippen molar-refractivity contribution in [3.05, 3.63) is 46.5 Å². The number of hydrogen-bond donors (Lipinski definition) is 1. The summed E-state index contributed by atoms with van der Waals surface area (Å²) >= 11 is 3.10. The number of benzene rings is 1. The van der Waals surface area contributed by atoms with Crippen molar-refractivity contribution in [2.75, 3.05) is 6.54 Å². The molecule has 1 unspecified atom stereocenters. The van der Waals surface area contributed by atoms with Gasteiger partial charge in [0.05, 0.1) is 4.47 Å². The van der Waals surface area contributed by atoms with Crippen molar-refractivity contribution in [2.45, 2.75) is 32.2 Å². The summed E-state index contributed by atoms with van der Waals surface area (Å²) in [5.41, 5.74) is -0.236. The summed E-state index contributed by atoms with van der Waals surface area (Å²) in [7, 11) is 0. The minimum absolute atomic E-state index is 0.120. The molecule has 0 bridgehead atoms. The predicted octanol–water partition coefficient (Wildman–Crippen LogP) is 4.21. The highest BCUT2D eigenvalue weighted by molar-refractivity contribution is 9.10. The lowest BCUT2D eigenvalue weighted by Crippen LogP contribution is -2.33. The van der Waals surface area contributed by atoms with Crippen molar-refractivity contribution in [3.63, 3.8) is 0 Å². The number of rotatable bonds is 6. The van der Waals surface area contributed by atoms with Crippen LogP contribution >= 0.6 is 15.9 Å². The third-order valence-corrected chi connectivity index (χ3v) is 4.20. The maximum absolute atomic E-state index is 14.0. The fourth-order valence-electron chi connectivity index (χ4n) is 2.01. The highest BCUT2D eigenvalue weighted by atomic mass is 79.9. The third kappa shape index (κ3) is 3.63. The summed E-state index contributed by atoms with van der Waals surface area (Å²) in [5.74, 6) is -1.01. The molecule has 104 valence electrons. The molecule has 1 aliphatic carbocycles. The largest absolute Gasteiger partial charge is 0.313 e. The summed E-state index contributed by atoms with van der Waals surface area (Å²) in [6.07, 6.45) is 4.45. The zero-order valence-electron chi connectivity index (χ0n) is 11.0. The van der Waals surface area contributed by atoms with Gasteiger partial charge in [-0.25, -0.2) is 8.78 Å². The number of nitrogens with one attached hydrogen (secondary N) is 1. The molecule has 0 heterocycles. The quantitative estimate of drug-likeness (QED) is 0.608. The second-order valence-electron chi connectivity index (χ2n) is 5.51. The van der Waals surface area contributed by atoms with Gasteiger partial charge in [-0.3, -0.25) is 0 Å². The molecular formula is C15H18BrF2N. The average Bonchev–Trinajstić information content (AvgIpc) is 3.21. The fraction of sp³-hybridized carbons (Fsp3) is 0.467. The SMILES string of the molecule is C=CC(C)(CNC1CC1)Cc1c(F)ccc(Br)c1F. The highest BCUT2D eigenvalue weighted by Crippen LogP contribution is 2.30. The lowest BCUT2D eigenvalue weighted by molar-refractivity contribution is 0.374. The first-order valence-corrected chi connectivity index (χ1v) is 7.24. The maximum atomic E-state index is 14.0. The molecule has 1 saturated carbocycles. The lowest BCUT2D eigenvalue weighted by atomic mass is 9.83. The Bertz CT molecular complexity index is 485. The summed E-state index contributed by atoms with van der Waals surface area (Å²) < 4.78 is 28.1. The number of halogens is 3. The van der Waals surface area contributed by atoms with E-state index in [-0.39, 0.29) is 11.0 Å². The Labute approximate surface area is 121 Å². The minimum atomic E-state index is -0.514. The first-order chi connectivity index (χ1) is 8.95. The second kappa shape index (κ2) is 5.71. The van der Waals surface area contributed by atoms with E-state index < -0.39 is 11.6 Å². The van der Waals surface area contributed by atoms with E-state index in [1.165, 1.54) is 25.0 Å². The van der Waals surface area contributed by atoms with E-state index in [0.717, 1.165) is 0 Å². The van der Waals surface area contributed by atoms with E-state index in [2.05, 4.69) is 27.8 Å². The first-order valence-electron chi connectivity index (χ1n) is 6.44. The van der Waals surface area contributed by atoms with Gasteiger partial charge in [0.15, 0.2) is 0 Å². The van der Waals surface area contributed by atoms with E-state index >= 15 is 0 Å². The van der Waals surface area contributed by atoms with Crippen LogP contribution in [0.4, 0.5) is 8.78 Å². The Balaban J connectivity index is 2.16. The normalized spacial score (nSPS) is 18.1. The molecule has 0 saturated heterocycles. The third-order valence-electron chi connectivity index (χ3n) is 3.58. The van der Waals surface area contributed by atoms with E-state index in [4.69, 9.17) is 0 Å². The molecule has 0 spiro atoms. The molecular weight excluding hydrogens is 312 g/mol. The van der Waals surface area contributed by atoms with Crippen LogP contribution in [-0.2, 0) is 6.42 Å². The van der Waals surface area contributed by atoms with Gasteiger partial charge in [-0.15, -0.1) is 6.58 Å². The Morgan fingerprint density at radius 1 is 1.47 bits per heavy atom. The van der Waals surface area contributed by atoms with Gasteiger partial charge in [0, 0.05) is 23.6 Å². The van der Waals surface area contributed by atoms with E-state index in [1.54, 1.807) is 6.08 Å². The van der Waals surface area contributed by atoms with Crippen molar-refractivity contribution in [1.29, 1.82) is 0 Å². The molecule has 19 heavy (non-hydrogen) atoms. The van der Waals surface area contributed by atoms with Gasteiger partial charge in [-0.2, -0.15) is 0 Å². The zero-order valence-corrected chi connectivity index (χ0v) is 12.6. The molecule has 1 aromatic rings. The standard InChI is InChI=1S/C15H18BrF2N/c1-3-15(2,9-19-10-4-5-10)8-11-13(17)7-6-12(16)14(11)18/h3,6-7,10,19H,1,4-5,8-9H2,2H3. The second-order valence-corrected chi connectivity index (χ2v) is 6.37. The Kier molecular flexibility index (Phi) is 4.41. The van der Waals surface area contributed by atoms with Crippen LogP contribution in [0.5, 0.6) is 0 Å². The van der Waals surface area contributed by atoms with Crippen molar-refractivity contribution >= 4 is 15.9 Å². The van der Waals surface area contributed by atoms with Crippen LogP contribution in [0.3, 0.4) is 0 Å². The van der Waals surface area contributed by atoms with Crippen LogP contribution in [0.1, 0.15) is 25.3 Å². The van der Waals surface area contributed by atoms with E-state index in [9.17, 15) is 8.78 Å². The zero-order chi connectivity index (χ0) is 14.0. The van der Waals surface area contributed by atoms with Crippen LogP contribution in [-0.4, -0.2) is 12.6 Å². The monoisotopic (exact) mass is 329 g/mol. The lowest BCUT2D eigenvalue weighted by Gasteiger charge is -2.27. The van der Waals surface area contributed by atoms with Crippen LogP contribution in [0.15, 0.2) is 29.3 Å². The summed E-state index contributed by atoms with van der Waals surface area (Å²) in [6, 6.07) is 3.25. The van der Waals surface area contributed by atoms with Gasteiger partial charge in [0.1, 0.15) is 11.6 Å². The highest BCUT2D eigenvalue weighted by Gasteiger charge is 2.28. The molecule has 1 fully saturated rings. The molecule has 1 aromatic carbocycles. The van der Waals surface area contributed by atoms with Crippen molar-refractivity contribution in [3.8, 4) is 0 Å². The van der Waals surface area contributed by atoms with Gasteiger partial charge in [-0.1, -0.05) is 13.0 Å². The average molecular weight is 330 g/mol. The molecule has 1 atom stereocenters. The van der Waals surface area contributed by atoms with Gasteiger partial charge in [-0.05, 0) is 47.3 Å². The number of hydrogen-bond acceptors (Lipinski definition) is 1. The summed E-state index contributed by atoms with van der Waals surface area (Å²) in [4.78, 5) is 0. The summed E-state index contributed by atoms with van der Waals surface area (Å²) in [6.45, 7) is 6.47. The van der Waals surface area contributed by atoms with Crippen LogP contribution in [0.25, 0.3) is 0 Å². The predicted molar refractivity (Wildman–Crippen MR) is 77.1 cm³/mol. The molecule has 2 rings (SSSR count). The molecule has 0 aliphatic heterocycles. The Morgan fingerprint density at radius 2 is 2.16 bits per heavy atom. The smallest absolute Gasteiger partial charge is 0.143 e. The molecule has 0 aromatic heterocycles. The van der Waals surface area contributed by atoms with E-state index in [1.807, 2.05) is 6.92 Å². The Hall–Kier alpha value is -0.740. The Morgan fingerprint density at radius 3 is 2.74 bits per heavy atom. The first kappa shape index (κ1) is 14.7. The van der Waals surface area contributed by atoms with Gasteiger partial charge < -0.3 is 5.32 Å². The molecule has 1 aliphatic rings. The summed E-state index contributed by atoms with van der Waals surface area (Å²) in [5, 5.41) is 3.39. The van der Waals surface area contributed by atoms with Crippen molar-refractivity contribution < 1.29 is 8.78 Å². The molecule has 0 amide bonds. The molecule has 1 N–H and O–H groups in total. The molecule has 4 heteroatoms. The van der Waals surface area contributed by atoms with Crippen molar-refractivity contribution in [1.82, 2.24) is 5.32 Å². The molecule has 1 nitrogen and oxygen atoms in total. The maximum Gasteiger partial charge on any atom is 0.143 e. The molecule has 0 radical (unpaired) electrons.